The predicted octanol–water partition coefficient (Wildman–Crippen LogP) is 3.91. The van der Waals surface area contributed by atoms with E-state index in [2.05, 4.69) is 0 Å². The molecule has 0 spiro atoms. The number of benzene rings is 3. The van der Waals surface area contributed by atoms with Gasteiger partial charge in [0, 0.05) is 11.1 Å². The molecule has 0 unspecified atom stereocenters. The van der Waals surface area contributed by atoms with E-state index in [1.165, 1.54) is 6.92 Å². The van der Waals surface area contributed by atoms with Crippen LogP contribution in [-0.2, 0) is 13.2 Å². The molecule has 0 aliphatic carbocycles. The molecule has 5 nitrogen and oxygen atoms in total. The van der Waals surface area contributed by atoms with Gasteiger partial charge in [-0.15, -0.1) is 0 Å². The molecule has 3 aromatic carbocycles. The summed E-state index contributed by atoms with van der Waals surface area (Å²) >= 11 is 0. The fraction of sp³-hybridized carbons (Fsp3) is 0.130. The van der Waals surface area contributed by atoms with E-state index in [-0.39, 0.29) is 24.8 Å². The number of Topliss-reactive ketones (excluding diaryl/α,β-unsaturated/α-hetero) is 1. The third kappa shape index (κ3) is 4.64. The van der Waals surface area contributed by atoms with E-state index in [9.17, 15) is 9.90 Å². The van der Waals surface area contributed by atoms with Gasteiger partial charge in [0.15, 0.2) is 5.78 Å². The highest BCUT2D eigenvalue weighted by Gasteiger charge is 2.09. The van der Waals surface area contributed by atoms with Crippen molar-refractivity contribution in [3.63, 3.8) is 0 Å². The van der Waals surface area contributed by atoms with Crippen molar-refractivity contribution in [2.75, 3.05) is 0 Å². The number of hydrogen-bond acceptors (Lipinski definition) is 4. The molecule has 0 radical (unpaired) electrons. The van der Waals surface area contributed by atoms with E-state index >= 15 is 0 Å². The Bertz CT molecular complexity index is 1030. The molecule has 3 aromatic rings. The van der Waals surface area contributed by atoms with Crippen molar-refractivity contribution >= 4 is 11.6 Å². The van der Waals surface area contributed by atoms with E-state index in [0.717, 1.165) is 22.3 Å². The summed E-state index contributed by atoms with van der Waals surface area (Å²) in [4.78, 5) is 12.0. The predicted molar refractivity (Wildman–Crippen MR) is 110 cm³/mol. The number of nitrogens with one attached hydrogen (secondary N) is 1. The molecule has 0 aliphatic rings. The Morgan fingerprint density at radius 2 is 1.71 bits per heavy atom. The zero-order chi connectivity index (χ0) is 20.1. The lowest BCUT2D eigenvalue weighted by Gasteiger charge is -2.12. The van der Waals surface area contributed by atoms with E-state index in [4.69, 9.17) is 15.9 Å². The molecule has 0 saturated heterocycles. The number of ketones is 1. The van der Waals surface area contributed by atoms with Gasteiger partial charge in [0.05, 0.1) is 6.61 Å². The van der Waals surface area contributed by atoms with Crippen LogP contribution in [0.2, 0.25) is 0 Å². The van der Waals surface area contributed by atoms with Gasteiger partial charge in [0.25, 0.3) is 0 Å². The molecule has 4 N–H and O–H groups in total. The molecule has 0 amide bonds. The Morgan fingerprint density at radius 3 is 2.43 bits per heavy atom. The van der Waals surface area contributed by atoms with E-state index in [1.54, 1.807) is 12.1 Å². The van der Waals surface area contributed by atoms with Gasteiger partial charge in [0.1, 0.15) is 18.2 Å². The molecule has 0 atom stereocenters. The van der Waals surface area contributed by atoms with Crippen LogP contribution in [0.4, 0.5) is 0 Å². The van der Waals surface area contributed by atoms with Crippen LogP contribution < -0.4 is 10.5 Å². The summed E-state index contributed by atoms with van der Waals surface area (Å²) in [5, 5.41) is 16.9. The number of nitrogens with two attached hydrogens (primary N) is 1. The van der Waals surface area contributed by atoms with Crippen LogP contribution in [0, 0.1) is 5.41 Å². The number of aliphatic hydroxyl groups excluding tert-OH is 1. The molecule has 142 valence electrons. The lowest BCUT2D eigenvalue weighted by atomic mass is 9.97. The molecule has 5 heteroatoms. The number of carbonyl (C=O) groups excluding carboxylic acids is 1. The monoisotopic (exact) mass is 374 g/mol. The van der Waals surface area contributed by atoms with Crippen molar-refractivity contribution in [3.8, 4) is 16.9 Å². The fourth-order valence-corrected chi connectivity index (χ4v) is 2.91. The van der Waals surface area contributed by atoms with Gasteiger partial charge < -0.3 is 15.6 Å². The summed E-state index contributed by atoms with van der Waals surface area (Å²) in [5.74, 6) is 0.616. The van der Waals surface area contributed by atoms with Gasteiger partial charge in [-0.05, 0) is 65.6 Å². The lowest BCUT2D eigenvalue weighted by Crippen LogP contribution is -2.10. The van der Waals surface area contributed by atoms with Gasteiger partial charge in [-0.1, -0.05) is 30.3 Å². The highest BCUT2D eigenvalue weighted by atomic mass is 16.5. The maximum absolute atomic E-state index is 12.0. The average Bonchev–Trinajstić information content (AvgIpc) is 2.72. The van der Waals surface area contributed by atoms with Crippen molar-refractivity contribution in [2.24, 2.45) is 5.73 Å². The highest BCUT2D eigenvalue weighted by Crippen LogP contribution is 2.25. The van der Waals surface area contributed by atoms with Crippen molar-refractivity contribution in [1.29, 1.82) is 5.41 Å². The Labute approximate surface area is 163 Å². The second kappa shape index (κ2) is 8.50. The summed E-state index contributed by atoms with van der Waals surface area (Å²) in [6.07, 6.45) is 0. The first-order valence-electron chi connectivity index (χ1n) is 8.88. The minimum absolute atomic E-state index is 0.00288. The van der Waals surface area contributed by atoms with Crippen LogP contribution in [0.15, 0.2) is 66.7 Å². The SMILES string of the molecule is CC(=O)c1cc(COc2cccc(CO)c2)cc(-c2cccc(C(=N)N)c2)c1. The molecule has 0 fully saturated rings. The lowest BCUT2D eigenvalue weighted by molar-refractivity contribution is 0.101. The quantitative estimate of drug-likeness (QED) is 0.332. The maximum Gasteiger partial charge on any atom is 0.159 e. The molecular formula is C23H22N2O3. The number of rotatable bonds is 7. The van der Waals surface area contributed by atoms with Crippen molar-refractivity contribution in [1.82, 2.24) is 0 Å². The van der Waals surface area contributed by atoms with Crippen LogP contribution in [0.5, 0.6) is 5.75 Å². The number of hydrogen-bond donors (Lipinski definition) is 3. The summed E-state index contributed by atoms with van der Waals surface area (Å²) in [7, 11) is 0. The topological polar surface area (TPSA) is 96.4 Å². The molecule has 0 heterocycles. The van der Waals surface area contributed by atoms with Crippen LogP contribution in [-0.4, -0.2) is 16.7 Å². The third-order valence-corrected chi connectivity index (χ3v) is 4.39. The Balaban J connectivity index is 1.92. The largest absolute Gasteiger partial charge is 0.489 e. The molecule has 0 bridgehead atoms. The van der Waals surface area contributed by atoms with Gasteiger partial charge >= 0.3 is 0 Å². The molecular weight excluding hydrogens is 352 g/mol. The fourth-order valence-electron chi connectivity index (χ4n) is 2.91. The number of carbonyl (C=O) groups is 1. The van der Waals surface area contributed by atoms with E-state index in [1.807, 2.05) is 54.6 Å². The standard InChI is InChI=1S/C23H22N2O3/c1-15(27)20-8-17(14-28-22-7-2-4-16(10-22)13-26)9-21(12-20)18-5-3-6-19(11-18)23(24)25/h2-12,26H,13-14H2,1H3,(H3,24,25). The maximum atomic E-state index is 12.0. The Morgan fingerprint density at radius 1 is 0.964 bits per heavy atom. The van der Waals surface area contributed by atoms with Crippen LogP contribution >= 0.6 is 0 Å². The number of ether oxygens (including phenoxy) is 1. The minimum Gasteiger partial charge on any atom is -0.489 e. The van der Waals surface area contributed by atoms with Crippen molar-refractivity contribution in [3.05, 3.63) is 89.0 Å². The van der Waals surface area contributed by atoms with Gasteiger partial charge in [-0.2, -0.15) is 0 Å². The Kier molecular flexibility index (Phi) is 5.87. The minimum atomic E-state index is -0.0480. The summed E-state index contributed by atoms with van der Waals surface area (Å²) in [6.45, 7) is 1.77. The van der Waals surface area contributed by atoms with E-state index in [0.29, 0.717) is 16.9 Å². The second-order valence-corrected chi connectivity index (χ2v) is 6.56. The molecule has 3 rings (SSSR count). The first-order chi connectivity index (χ1) is 13.5. The average molecular weight is 374 g/mol. The molecule has 0 aliphatic heterocycles. The molecule has 0 aromatic heterocycles. The van der Waals surface area contributed by atoms with Gasteiger partial charge in [-0.3, -0.25) is 10.2 Å². The van der Waals surface area contributed by atoms with Crippen LogP contribution in [0.1, 0.15) is 34.0 Å². The second-order valence-electron chi connectivity index (χ2n) is 6.56. The van der Waals surface area contributed by atoms with Crippen molar-refractivity contribution in [2.45, 2.75) is 20.1 Å². The summed E-state index contributed by atoms with van der Waals surface area (Å²) < 4.78 is 5.85. The van der Waals surface area contributed by atoms with Crippen molar-refractivity contribution < 1.29 is 14.6 Å². The summed E-state index contributed by atoms with van der Waals surface area (Å²) in [6, 6.07) is 20.2. The zero-order valence-electron chi connectivity index (χ0n) is 15.6. The number of amidine groups is 1. The molecule has 0 saturated carbocycles. The Hall–Kier alpha value is -3.44. The van der Waals surface area contributed by atoms with Crippen LogP contribution in [0.25, 0.3) is 11.1 Å². The number of aliphatic hydroxyl groups is 1. The van der Waals surface area contributed by atoms with Gasteiger partial charge in [-0.25, -0.2) is 0 Å². The highest BCUT2D eigenvalue weighted by molar-refractivity contribution is 5.97. The normalized spacial score (nSPS) is 10.5. The number of nitrogen functional groups attached to an aromatic ring is 1. The summed E-state index contributed by atoms with van der Waals surface area (Å²) in [5.41, 5.74) is 10.2. The molecule has 28 heavy (non-hydrogen) atoms. The van der Waals surface area contributed by atoms with Crippen LogP contribution in [0.3, 0.4) is 0 Å². The third-order valence-electron chi connectivity index (χ3n) is 4.39. The first-order valence-corrected chi connectivity index (χ1v) is 8.88. The van der Waals surface area contributed by atoms with E-state index < -0.39 is 0 Å². The van der Waals surface area contributed by atoms with Gasteiger partial charge in [0.2, 0.25) is 0 Å². The smallest absolute Gasteiger partial charge is 0.159 e. The zero-order valence-corrected chi connectivity index (χ0v) is 15.6. The first kappa shape index (κ1) is 19.3.